The Labute approximate surface area is 161 Å². The van der Waals surface area contributed by atoms with E-state index in [1.807, 2.05) is 0 Å². The first-order valence-electron chi connectivity index (χ1n) is 6.11. The molecule has 0 fully saturated rings. The number of thioether (sulfide) groups is 1. The van der Waals surface area contributed by atoms with Crippen LogP contribution in [0.4, 0.5) is 0 Å². The molecule has 0 radical (unpaired) electrons. The van der Waals surface area contributed by atoms with E-state index in [2.05, 4.69) is 6.92 Å². The van der Waals surface area contributed by atoms with Crippen LogP contribution >= 0.6 is 90.8 Å². The topological polar surface area (TPSA) is 17.1 Å². The first-order chi connectivity index (χ1) is 10.5. The molecule has 0 saturated heterocycles. The van der Waals surface area contributed by atoms with Crippen molar-refractivity contribution >= 4 is 111 Å². The number of hydrogen-bond acceptors (Lipinski definition) is 6. The van der Waals surface area contributed by atoms with Gasteiger partial charge in [0.25, 0.3) is 4.06 Å². The van der Waals surface area contributed by atoms with Gasteiger partial charge in [-0.2, -0.15) is 0 Å². The van der Waals surface area contributed by atoms with Gasteiger partial charge >= 0.3 is 0 Å². The van der Waals surface area contributed by atoms with Crippen LogP contribution in [0.1, 0.15) is 6.92 Å². The van der Waals surface area contributed by atoms with Gasteiger partial charge in [0.05, 0.1) is 24.5 Å². The molecule has 0 spiro atoms. The van der Waals surface area contributed by atoms with Crippen molar-refractivity contribution in [1.29, 1.82) is 0 Å². The maximum Gasteiger partial charge on any atom is 0.288 e. The van der Waals surface area contributed by atoms with Gasteiger partial charge in [-0.25, -0.2) is 0 Å². The highest BCUT2D eigenvalue weighted by Gasteiger charge is 2.30. The molecular formula is C13H5Cl3OS5. The molecule has 22 heavy (non-hydrogen) atoms. The lowest BCUT2D eigenvalue weighted by Gasteiger charge is -2.13. The summed E-state index contributed by atoms with van der Waals surface area (Å²) in [5.74, 6) is 0.878. The third kappa shape index (κ3) is 2.19. The van der Waals surface area contributed by atoms with E-state index in [0.29, 0.717) is 15.1 Å². The molecule has 9 heteroatoms. The largest absolute Gasteiger partial charge is 0.288 e. The van der Waals surface area contributed by atoms with E-state index in [4.69, 9.17) is 34.8 Å². The van der Waals surface area contributed by atoms with Crippen LogP contribution in [-0.4, -0.2) is 5.75 Å². The van der Waals surface area contributed by atoms with Crippen molar-refractivity contribution < 1.29 is 0 Å². The lowest BCUT2D eigenvalue weighted by Crippen LogP contribution is -1.87. The van der Waals surface area contributed by atoms with Gasteiger partial charge in [0.2, 0.25) is 0 Å². The highest BCUT2D eigenvalue weighted by molar-refractivity contribution is 8.77. The summed E-state index contributed by atoms with van der Waals surface area (Å²) in [6, 6.07) is 0. The second-order valence-corrected chi connectivity index (χ2v) is 11.2. The zero-order chi connectivity index (χ0) is 15.6. The van der Waals surface area contributed by atoms with Gasteiger partial charge in [-0.05, 0) is 5.75 Å². The van der Waals surface area contributed by atoms with Gasteiger partial charge in [0.1, 0.15) is 0 Å². The monoisotopic (exact) mass is 442 g/mol. The molecule has 1 aromatic heterocycles. The molecule has 2 aromatic carbocycles. The maximum absolute atomic E-state index is 11.9. The zero-order valence-corrected chi connectivity index (χ0v) is 17.1. The molecular weight excluding hydrogens is 439 g/mol. The van der Waals surface area contributed by atoms with E-state index in [9.17, 15) is 4.79 Å². The number of rotatable bonds is 2. The van der Waals surface area contributed by atoms with Gasteiger partial charge < -0.3 is 0 Å². The quantitative estimate of drug-likeness (QED) is 0.298. The molecule has 0 saturated carbocycles. The standard InChI is InChI=1S/C13H5Cl3OS5/c1-2-18-8-3-4-9(6(15)5(8)14)21-22-10(4)7(16)12-11(3)19-13(17)20-12/h2H2,1H3. The Morgan fingerprint density at radius 2 is 1.55 bits per heavy atom. The highest BCUT2D eigenvalue weighted by atomic mass is 35.5. The van der Waals surface area contributed by atoms with Crippen LogP contribution in [0.15, 0.2) is 19.5 Å². The molecule has 4 rings (SSSR count). The predicted octanol–water partition coefficient (Wildman–Crippen LogP) is 7.66. The summed E-state index contributed by atoms with van der Waals surface area (Å²) < 4.78 is 1.84. The number of halogens is 3. The van der Waals surface area contributed by atoms with E-state index in [-0.39, 0.29) is 4.06 Å². The Kier molecular flexibility index (Phi) is 4.36. The molecule has 3 aromatic rings. The molecule has 114 valence electrons. The summed E-state index contributed by atoms with van der Waals surface area (Å²) in [4.78, 5) is 14.8. The second kappa shape index (κ2) is 5.92. The van der Waals surface area contributed by atoms with E-state index >= 15 is 0 Å². The van der Waals surface area contributed by atoms with Crippen LogP contribution < -0.4 is 4.06 Å². The van der Waals surface area contributed by atoms with E-state index in [1.54, 1.807) is 33.3 Å². The third-order valence-electron chi connectivity index (χ3n) is 3.22. The van der Waals surface area contributed by atoms with Crippen LogP contribution in [0.3, 0.4) is 0 Å². The molecule has 0 bridgehead atoms. The van der Waals surface area contributed by atoms with Crippen molar-refractivity contribution in [3.63, 3.8) is 0 Å². The molecule has 2 heterocycles. The molecule has 0 aliphatic carbocycles. The summed E-state index contributed by atoms with van der Waals surface area (Å²) in [7, 11) is 3.17. The van der Waals surface area contributed by atoms with Crippen molar-refractivity contribution in [3.8, 4) is 0 Å². The van der Waals surface area contributed by atoms with Crippen molar-refractivity contribution in [2.75, 3.05) is 5.75 Å². The molecule has 1 aliphatic heterocycles. The normalized spacial score (nSPS) is 13.6. The summed E-state index contributed by atoms with van der Waals surface area (Å²) in [5, 5.41) is 3.90. The SMILES string of the molecule is CCSc1c(Cl)c(Cl)c2c3c(c(Cl)c4sc(=O)sc4c13)SS2. The minimum Gasteiger partial charge on any atom is -0.265 e. The maximum atomic E-state index is 11.9. The number of fused-ring (bicyclic) bond motifs is 2. The van der Waals surface area contributed by atoms with Crippen LogP contribution in [0.5, 0.6) is 0 Å². The molecule has 1 nitrogen and oxygen atoms in total. The Balaban J connectivity index is 2.35. The van der Waals surface area contributed by atoms with Crippen LogP contribution in [-0.2, 0) is 0 Å². The van der Waals surface area contributed by atoms with E-state index in [1.165, 1.54) is 22.7 Å². The first-order valence-corrected chi connectivity index (χ1v) is 12.0. The Hall–Kier alpha value is 0.730. The fourth-order valence-electron chi connectivity index (χ4n) is 2.40. The second-order valence-electron chi connectivity index (χ2n) is 4.39. The van der Waals surface area contributed by atoms with Crippen LogP contribution in [0, 0.1) is 0 Å². The van der Waals surface area contributed by atoms with Crippen LogP contribution in [0.2, 0.25) is 15.1 Å². The lowest BCUT2D eigenvalue weighted by atomic mass is 10.1. The Morgan fingerprint density at radius 1 is 0.909 bits per heavy atom. The average molecular weight is 444 g/mol. The molecule has 0 atom stereocenters. The summed E-state index contributed by atoms with van der Waals surface area (Å²) in [6.07, 6.45) is 0. The number of hydrogen-bond donors (Lipinski definition) is 0. The average Bonchev–Trinajstić information content (AvgIpc) is 3.08. The molecule has 0 N–H and O–H groups in total. The third-order valence-corrected chi connectivity index (χ3v) is 10.6. The molecule has 1 aliphatic rings. The number of benzene rings is 2. The van der Waals surface area contributed by atoms with Crippen molar-refractivity contribution in [2.24, 2.45) is 0 Å². The van der Waals surface area contributed by atoms with Gasteiger partial charge in [0.15, 0.2) is 0 Å². The summed E-state index contributed by atoms with van der Waals surface area (Å²) in [5.41, 5.74) is 0. The lowest BCUT2D eigenvalue weighted by molar-refractivity contribution is 1.41. The van der Waals surface area contributed by atoms with Gasteiger partial charge in [0, 0.05) is 25.5 Å². The first kappa shape index (κ1) is 16.2. The molecule has 0 amide bonds. The van der Waals surface area contributed by atoms with Crippen molar-refractivity contribution in [1.82, 2.24) is 0 Å². The van der Waals surface area contributed by atoms with Gasteiger partial charge in [-0.3, -0.25) is 4.79 Å². The fraction of sp³-hybridized carbons (Fsp3) is 0.154. The fourth-order valence-corrected chi connectivity index (χ4v) is 9.71. The van der Waals surface area contributed by atoms with Crippen molar-refractivity contribution in [2.45, 2.75) is 21.6 Å². The summed E-state index contributed by atoms with van der Waals surface area (Å²) >= 11 is 23.7. The van der Waals surface area contributed by atoms with E-state index in [0.717, 1.165) is 40.6 Å². The van der Waals surface area contributed by atoms with Crippen molar-refractivity contribution in [3.05, 3.63) is 23.9 Å². The Morgan fingerprint density at radius 3 is 2.23 bits per heavy atom. The zero-order valence-electron chi connectivity index (χ0n) is 10.8. The van der Waals surface area contributed by atoms with Gasteiger partial charge in [-0.1, -0.05) is 86.0 Å². The minimum absolute atomic E-state index is 0.0497. The predicted molar refractivity (Wildman–Crippen MR) is 107 cm³/mol. The Bertz CT molecular complexity index is 1010. The van der Waals surface area contributed by atoms with E-state index < -0.39 is 0 Å². The smallest absolute Gasteiger partial charge is 0.265 e. The summed E-state index contributed by atoms with van der Waals surface area (Å²) in [6.45, 7) is 2.07. The van der Waals surface area contributed by atoms with Gasteiger partial charge in [-0.15, -0.1) is 11.8 Å². The highest BCUT2D eigenvalue weighted by Crippen LogP contribution is 2.62. The minimum atomic E-state index is 0.0497. The molecule has 0 unspecified atom stereocenters. The van der Waals surface area contributed by atoms with Crippen LogP contribution in [0.25, 0.3) is 20.2 Å².